The van der Waals surface area contributed by atoms with Crippen molar-refractivity contribution in [2.45, 2.75) is 63.5 Å². The van der Waals surface area contributed by atoms with Crippen LogP contribution in [0.3, 0.4) is 0 Å². The van der Waals surface area contributed by atoms with Crippen molar-refractivity contribution in [1.29, 1.82) is 0 Å². The summed E-state index contributed by atoms with van der Waals surface area (Å²) in [6.45, 7) is 5.12. The van der Waals surface area contributed by atoms with Crippen molar-refractivity contribution in [2.75, 3.05) is 20.1 Å². The van der Waals surface area contributed by atoms with E-state index in [0.717, 1.165) is 29.7 Å². The highest BCUT2D eigenvalue weighted by Gasteiger charge is 2.54. The maximum absolute atomic E-state index is 4.00. The fourth-order valence-electron chi connectivity index (χ4n) is 6.21. The third-order valence-corrected chi connectivity index (χ3v) is 7.01. The maximum Gasteiger partial charge on any atom is 0.0224 e. The lowest BCUT2D eigenvalue weighted by atomic mass is 9.53. The molecular formula is C17H30N2. The predicted octanol–water partition coefficient (Wildman–Crippen LogP) is 2.89. The third kappa shape index (κ3) is 1.90. The van der Waals surface area contributed by atoms with Gasteiger partial charge in [0.1, 0.15) is 0 Å². The highest BCUT2D eigenvalue weighted by molar-refractivity contribution is 5.10. The molecule has 6 atom stereocenters. The van der Waals surface area contributed by atoms with Crippen molar-refractivity contribution < 1.29 is 0 Å². The summed E-state index contributed by atoms with van der Waals surface area (Å²) in [5.41, 5.74) is 0.524. The van der Waals surface area contributed by atoms with Gasteiger partial charge in [0.25, 0.3) is 0 Å². The van der Waals surface area contributed by atoms with E-state index < -0.39 is 0 Å². The van der Waals surface area contributed by atoms with E-state index in [-0.39, 0.29) is 0 Å². The van der Waals surface area contributed by atoms with Gasteiger partial charge >= 0.3 is 0 Å². The van der Waals surface area contributed by atoms with Crippen molar-refractivity contribution in [2.24, 2.45) is 23.7 Å². The topological polar surface area (TPSA) is 15.3 Å². The molecule has 0 amide bonds. The van der Waals surface area contributed by atoms with Gasteiger partial charge < -0.3 is 10.2 Å². The number of nitrogens with one attached hydrogen (secondary N) is 1. The van der Waals surface area contributed by atoms with Gasteiger partial charge in [-0.05, 0) is 75.8 Å². The average molecular weight is 262 g/mol. The largest absolute Gasteiger partial charge is 0.311 e. The standard InChI is InChI=1S/C17H30N2/c1-12-7-13-10-17(5-3-4-6-18-17)14-9-15(13)16(8-12)19(2)11-14/h12-16,18H,3-11H2,1-2H3/t12-,13?,14-,15-,16+,17-/m0/s1. The molecule has 2 aliphatic carbocycles. The Kier molecular flexibility index (Phi) is 2.97. The van der Waals surface area contributed by atoms with Crippen molar-refractivity contribution in [1.82, 2.24) is 10.2 Å². The van der Waals surface area contributed by atoms with Crippen LogP contribution in [0.2, 0.25) is 0 Å². The van der Waals surface area contributed by atoms with Crippen LogP contribution >= 0.6 is 0 Å². The second-order valence-electron chi connectivity index (χ2n) is 8.18. The van der Waals surface area contributed by atoms with Gasteiger partial charge in [-0.1, -0.05) is 13.3 Å². The van der Waals surface area contributed by atoms with E-state index >= 15 is 0 Å². The van der Waals surface area contributed by atoms with E-state index in [2.05, 4.69) is 24.2 Å². The van der Waals surface area contributed by atoms with Crippen LogP contribution in [0, 0.1) is 23.7 Å². The quantitative estimate of drug-likeness (QED) is 0.722. The monoisotopic (exact) mass is 262 g/mol. The summed E-state index contributed by atoms with van der Waals surface area (Å²) in [6, 6.07) is 0.908. The second kappa shape index (κ2) is 4.46. The second-order valence-corrected chi connectivity index (χ2v) is 8.18. The maximum atomic E-state index is 4.00. The Morgan fingerprint density at radius 3 is 2.84 bits per heavy atom. The lowest BCUT2D eigenvalue weighted by Gasteiger charge is -2.61. The smallest absolute Gasteiger partial charge is 0.0224 e. The molecule has 2 aliphatic heterocycles. The molecule has 1 unspecified atom stereocenters. The van der Waals surface area contributed by atoms with Crippen molar-refractivity contribution in [3.05, 3.63) is 0 Å². The first-order chi connectivity index (χ1) is 9.18. The molecule has 2 heterocycles. The van der Waals surface area contributed by atoms with Gasteiger partial charge in [0.15, 0.2) is 0 Å². The lowest BCUT2D eigenvalue weighted by Crippen LogP contribution is -2.67. The molecule has 2 heteroatoms. The Bertz CT molecular complexity index is 347. The molecule has 4 aliphatic rings. The normalized spacial score (nSPS) is 54.3. The summed E-state index contributed by atoms with van der Waals surface area (Å²) in [5, 5.41) is 4.00. The van der Waals surface area contributed by atoms with Crippen molar-refractivity contribution in [3.63, 3.8) is 0 Å². The molecule has 19 heavy (non-hydrogen) atoms. The molecule has 0 radical (unpaired) electrons. The van der Waals surface area contributed by atoms with E-state index in [4.69, 9.17) is 0 Å². The molecule has 2 saturated carbocycles. The number of nitrogens with zero attached hydrogens (tertiary/aromatic N) is 1. The van der Waals surface area contributed by atoms with E-state index in [1.54, 1.807) is 0 Å². The van der Waals surface area contributed by atoms with Crippen LogP contribution in [0.25, 0.3) is 0 Å². The van der Waals surface area contributed by atoms with Crippen LogP contribution < -0.4 is 5.32 Å². The van der Waals surface area contributed by atoms with E-state index in [0.29, 0.717) is 5.54 Å². The number of fused-ring (bicyclic) bond motifs is 2. The molecule has 4 rings (SSSR count). The molecule has 1 spiro atoms. The molecular weight excluding hydrogens is 232 g/mol. The van der Waals surface area contributed by atoms with Crippen molar-refractivity contribution in [3.8, 4) is 0 Å². The van der Waals surface area contributed by atoms with E-state index in [9.17, 15) is 0 Å². The highest BCUT2D eigenvalue weighted by atomic mass is 15.2. The Balaban J connectivity index is 1.65. The Morgan fingerprint density at radius 2 is 2.05 bits per heavy atom. The number of likely N-dealkylation sites (tertiary alicyclic amines) is 1. The van der Waals surface area contributed by atoms with Gasteiger partial charge in [-0.25, -0.2) is 0 Å². The molecule has 108 valence electrons. The van der Waals surface area contributed by atoms with E-state index in [1.165, 1.54) is 58.0 Å². The Labute approximate surface area is 118 Å². The van der Waals surface area contributed by atoms with Crippen LogP contribution in [-0.4, -0.2) is 36.6 Å². The van der Waals surface area contributed by atoms with Crippen LogP contribution in [0.15, 0.2) is 0 Å². The molecule has 0 aromatic rings. The first-order valence-electron chi connectivity index (χ1n) is 8.63. The Morgan fingerprint density at radius 1 is 1.16 bits per heavy atom. The molecule has 0 aromatic carbocycles. The summed E-state index contributed by atoms with van der Waals surface area (Å²) in [6.07, 6.45) is 10.3. The first kappa shape index (κ1) is 12.6. The van der Waals surface area contributed by atoms with Crippen LogP contribution in [0.1, 0.15) is 51.9 Å². The number of hydrogen-bond donors (Lipinski definition) is 1. The van der Waals surface area contributed by atoms with Crippen molar-refractivity contribution >= 4 is 0 Å². The zero-order valence-corrected chi connectivity index (χ0v) is 12.7. The summed E-state index contributed by atoms with van der Waals surface area (Å²) < 4.78 is 0. The SMILES string of the molecule is C[C@H]1CC2C[C@@]3(CCCCN3)[C@H]3C[C@@H]2[C@@H](C1)N(C)C3. The zero-order chi connectivity index (χ0) is 13.0. The number of rotatable bonds is 0. The highest BCUT2D eigenvalue weighted by Crippen LogP contribution is 2.54. The summed E-state index contributed by atoms with van der Waals surface area (Å²) in [5.74, 6) is 3.92. The van der Waals surface area contributed by atoms with E-state index in [1.807, 2.05) is 0 Å². The fraction of sp³-hybridized carbons (Fsp3) is 1.00. The zero-order valence-electron chi connectivity index (χ0n) is 12.7. The lowest BCUT2D eigenvalue weighted by molar-refractivity contribution is -0.0889. The minimum atomic E-state index is 0.524. The van der Waals surface area contributed by atoms with Gasteiger partial charge in [-0.3, -0.25) is 0 Å². The molecule has 0 aromatic heterocycles. The first-order valence-corrected chi connectivity index (χ1v) is 8.63. The number of piperidine rings is 2. The Hall–Kier alpha value is -0.0800. The van der Waals surface area contributed by atoms with Gasteiger partial charge in [0, 0.05) is 18.1 Å². The van der Waals surface area contributed by atoms with Crippen LogP contribution in [0.4, 0.5) is 0 Å². The molecule has 2 nitrogen and oxygen atoms in total. The van der Waals surface area contributed by atoms with Crippen LogP contribution in [-0.2, 0) is 0 Å². The van der Waals surface area contributed by atoms with Gasteiger partial charge in [-0.2, -0.15) is 0 Å². The summed E-state index contributed by atoms with van der Waals surface area (Å²) >= 11 is 0. The average Bonchev–Trinajstić information content (AvgIpc) is 2.40. The summed E-state index contributed by atoms with van der Waals surface area (Å²) in [4.78, 5) is 2.73. The van der Waals surface area contributed by atoms with Crippen LogP contribution in [0.5, 0.6) is 0 Å². The van der Waals surface area contributed by atoms with Gasteiger partial charge in [0.05, 0.1) is 0 Å². The fourth-order valence-corrected chi connectivity index (χ4v) is 6.21. The number of hydrogen-bond acceptors (Lipinski definition) is 2. The molecule has 2 saturated heterocycles. The molecule has 1 N–H and O–H groups in total. The third-order valence-electron chi connectivity index (χ3n) is 7.01. The summed E-state index contributed by atoms with van der Waals surface area (Å²) in [7, 11) is 2.40. The minimum Gasteiger partial charge on any atom is -0.311 e. The predicted molar refractivity (Wildman–Crippen MR) is 79.1 cm³/mol. The van der Waals surface area contributed by atoms with Gasteiger partial charge in [0.2, 0.25) is 0 Å². The van der Waals surface area contributed by atoms with Gasteiger partial charge in [-0.15, -0.1) is 0 Å². The minimum absolute atomic E-state index is 0.524. The molecule has 4 fully saturated rings. The molecule has 2 bridgehead atoms.